The number of pyridine rings is 1. The van der Waals surface area contributed by atoms with Crippen molar-refractivity contribution in [3.05, 3.63) is 186 Å². The molecule has 0 aliphatic carbocycles. The lowest BCUT2D eigenvalue weighted by molar-refractivity contribution is 0.0601. The van der Waals surface area contributed by atoms with Gasteiger partial charge in [0.1, 0.15) is 11.1 Å². The second-order valence-electron chi connectivity index (χ2n) is 12.3. The normalized spacial score (nSPS) is 11.3. The van der Waals surface area contributed by atoms with Crippen LogP contribution in [0.3, 0.4) is 0 Å². The number of esters is 1. The van der Waals surface area contributed by atoms with Gasteiger partial charge in [-0.15, -0.1) is 5.10 Å². The quantitative estimate of drug-likeness (QED) is 0.0953. The molecule has 2 aromatic heterocycles. The van der Waals surface area contributed by atoms with E-state index in [4.69, 9.17) is 15.0 Å². The summed E-state index contributed by atoms with van der Waals surface area (Å²) in [7, 11) is 1.39. The number of ether oxygens (including phenoxy) is 1. The first kappa shape index (κ1) is 33.1. The molecule has 0 atom stereocenters. The van der Waals surface area contributed by atoms with Gasteiger partial charge in [-0.1, -0.05) is 146 Å². The van der Waals surface area contributed by atoms with Gasteiger partial charge in [0.2, 0.25) is 0 Å². The minimum Gasteiger partial charge on any atom is -0.465 e. The standard InChI is InChI=1S/C43H38N6O2/c1-3-29-48(40-27-28-44-30-39(40)42(50)51-2)31-32-23-25-33(26-24-32)37-21-13-14-22-38(37)41-45-46-47-49(41)43(34-15-7-4-8-16-34,35-17-9-5-10-18-35)36-19-11-6-12-20-36/h4-28,30H,3,29,31H2,1-2H3. The summed E-state index contributed by atoms with van der Waals surface area (Å²) in [6.07, 6.45) is 4.19. The molecule has 0 saturated heterocycles. The Labute approximate surface area is 298 Å². The fourth-order valence-electron chi connectivity index (χ4n) is 6.91. The van der Waals surface area contributed by atoms with Gasteiger partial charge < -0.3 is 9.64 Å². The molecule has 0 fully saturated rings. The average molecular weight is 671 g/mol. The fraction of sp³-hybridized carbons (Fsp3) is 0.140. The molecule has 0 saturated carbocycles. The Balaban J connectivity index is 1.31. The highest BCUT2D eigenvalue weighted by Gasteiger charge is 2.42. The highest BCUT2D eigenvalue weighted by Crippen LogP contribution is 2.43. The summed E-state index contributed by atoms with van der Waals surface area (Å²) in [4.78, 5) is 18.9. The Hall–Kier alpha value is -6.41. The van der Waals surface area contributed by atoms with E-state index in [9.17, 15) is 4.79 Å². The number of aromatic nitrogens is 5. The van der Waals surface area contributed by atoms with E-state index >= 15 is 0 Å². The first-order valence-electron chi connectivity index (χ1n) is 17.1. The molecule has 8 nitrogen and oxygen atoms in total. The van der Waals surface area contributed by atoms with E-state index in [0.717, 1.165) is 57.6 Å². The highest BCUT2D eigenvalue weighted by molar-refractivity contribution is 5.95. The molecule has 0 aliphatic heterocycles. The van der Waals surface area contributed by atoms with Gasteiger partial charge in [0.25, 0.3) is 0 Å². The van der Waals surface area contributed by atoms with E-state index in [1.165, 1.54) is 7.11 Å². The number of tetrazole rings is 1. The average Bonchev–Trinajstić information content (AvgIpc) is 3.69. The maximum absolute atomic E-state index is 12.5. The number of hydrogen-bond acceptors (Lipinski definition) is 7. The molecule has 8 heteroatoms. The molecule has 2 heterocycles. The number of nitrogens with zero attached hydrogens (tertiary/aromatic N) is 6. The molecule has 0 N–H and O–H groups in total. The number of carbonyl (C=O) groups excluding carboxylic acids is 1. The summed E-state index contributed by atoms with van der Waals surface area (Å²) >= 11 is 0. The molecule has 7 aromatic rings. The maximum Gasteiger partial charge on any atom is 0.341 e. The van der Waals surface area contributed by atoms with E-state index in [1.54, 1.807) is 12.4 Å². The predicted octanol–water partition coefficient (Wildman–Crippen LogP) is 8.45. The van der Waals surface area contributed by atoms with Crippen molar-refractivity contribution in [2.24, 2.45) is 0 Å². The second kappa shape index (κ2) is 15.0. The highest BCUT2D eigenvalue weighted by atomic mass is 16.5. The molecule has 7 rings (SSSR count). The zero-order valence-corrected chi connectivity index (χ0v) is 28.6. The van der Waals surface area contributed by atoms with Crippen molar-refractivity contribution >= 4 is 11.7 Å². The lowest BCUT2D eigenvalue weighted by atomic mass is 9.77. The molecule has 0 bridgehead atoms. The van der Waals surface area contributed by atoms with Gasteiger partial charge in [-0.2, -0.15) is 0 Å². The van der Waals surface area contributed by atoms with Crippen molar-refractivity contribution in [3.8, 4) is 22.5 Å². The van der Waals surface area contributed by atoms with E-state index < -0.39 is 11.5 Å². The third-order valence-electron chi connectivity index (χ3n) is 9.21. The number of hydrogen-bond donors (Lipinski definition) is 0. The summed E-state index contributed by atoms with van der Waals surface area (Å²) in [6, 6.07) is 49.9. The van der Waals surface area contributed by atoms with Crippen LogP contribution in [-0.4, -0.2) is 44.8 Å². The minimum atomic E-state index is -0.863. The van der Waals surface area contributed by atoms with E-state index in [1.807, 2.05) is 41.1 Å². The monoisotopic (exact) mass is 670 g/mol. The van der Waals surface area contributed by atoms with Crippen LogP contribution in [0.25, 0.3) is 22.5 Å². The van der Waals surface area contributed by atoms with Gasteiger partial charge in [0.05, 0.1) is 12.8 Å². The number of benzene rings is 5. The molecule has 0 aliphatic rings. The molecule has 0 radical (unpaired) electrons. The number of rotatable bonds is 12. The van der Waals surface area contributed by atoms with E-state index in [2.05, 4.69) is 131 Å². The van der Waals surface area contributed by atoms with Gasteiger partial charge in [0, 0.05) is 31.0 Å². The molecule has 0 amide bonds. The van der Waals surface area contributed by atoms with Crippen molar-refractivity contribution in [2.45, 2.75) is 25.4 Å². The van der Waals surface area contributed by atoms with Crippen LogP contribution in [0.1, 0.15) is 46.0 Å². The lowest BCUT2D eigenvalue weighted by Gasteiger charge is -2.36. The molecular weight excluding hydrogens is 633 g/mol. The van der Waals surface area contributed by atoms with Gasteiger partial charge >= 0.3 is 5.97 Å². The number of anilines is 1. The third-order valence-corrected chi connectivity index (χ3v) is 9.21. The van der Waals surface area contributed by atoms with Crippen molar-refractivity contribution < 1.29 is 9.53 Å². The van der Waals surface area contributed by atoms with Crippen LogP contribution in [0.4, 0.5) is 5.69 Å². The minimum absolute atomic E-state index is 0.399. The molecule has 5 aromatic carbocycles. The van der Waals surface area contributed by atoms with Crippen LogP contribution >= 0.6 is 0 Å². The number of carbonyl (C=O) groups is 1. The van der Waals surface area contributed by atoms with Crippen LogP contribution in [-0.2, 0) is 16.8 Å². The molecule has 51 heavy (non-hydrogen) atoms. The lowest BCUT2D eigenvalue weighted by Crippen LogP contribution is -2.39. The van der Waals surface area contributed by atoms with Crippen molar-refractivity contribution in [1.82, 2.24) is 25.2 Å². The Morgan fingerprint density at radius 2 is 1.29 bits per heavy atom. The fourth-order valence-corrected chi connectivity index (χ4v) is 6.91. The molecule has 0 unspecified atom stereocenters. The van der Waals surface area contributed by atoms with E-state index in [0.29, 0.717) is 17.9 Å². The topological polar surface area (TPSA) is 86.0 Å². The Morgan fingerprint density at radius 3 is 1.86 bits per heavy atom. The van der Waals surface area contributed by atoms with Gasteiger partial charge in [-0.05, 0) is 56.3 Å². The van der Waals surface area contributed by atoms with Gasteiger partial charge in [-0.3, -0.25) is 4.98 Å². The third kappa shape index (κ3) is 6.39. The van der Waals surface area contributed by atoms with Gasteiger partial charge in [0.15, 0.2) is 5.82 Å². The smallest absolute Gasteiger partial charge is 0.341 e. The maximum atomic E-state index is 12.5. The van der Waals surface area contributed by atoms with Gasteiger partial charge in [-0.25, -0.2) is 9.48 Å². The van der Waals surface area contributed by atoms with Crippen molar-refractivity contribution in [3.63, 3.8) is 0 Å². The summed E-state index contributed by atoms with van der Waals surface area (Å²) in [6.45, 7) is 3.52. The van der Waals surface area contributed by atoms with Crippen LogP contribution in [0.2, 0.25) is 0 Å². The first-order chi connectivity index (χ1) is 25.1. The zero-order chi connectivity index (χ0) is 35.0. The Bertz CT molecular complexity index is 2110. The summed E-state index contributed by atoms with van der Waals surface area (Å²) < 4.78 is 7.01. The van der Waals surface area contributed by atoms with Crippen LogP contribution < -0.4 is 4.90 Å². The summed E-state index contributed by atoms with van der Waals surface area (Å²) in [5.41, 5.74) is 7.58. The van der Waals surface area contributed by atoms with Crippen molar-refractivity contribution in [2.75, 3.05) is 18.6 Å². The summed E-state index contributed by atoms with van der Waals surface area (Å²) in [5, 5.41) is 13.8. The SMILES string of the molecule is CCCN(Cc1ccc(-c2ccccc2-c2nnnn2C(c2ccccc2)(c2ccccc2)c2ccccc2)cc1)c1ccncc1C(=O)OC. The number of methoxy groups -OCH3 is 1. The Kier molecular flexibility index (Phi) is 9.74. The zero-order valence-electron chi connectivity index (χ0n) is 28.6. The van der Waals surface area contributed by atoms with Crippen LogP contribution in [0, 0.1) is 0 Å². The predicted molar refractivity (Wildman–Crippen MR) is 200 cm³/mol. The Morgan fingerprint density at radius 1 is 0.725 bits per heavy atom. The second-order valence-corrected chi connectivity index (χ2v) is 12.3. The first-order valence-corrected chi connectivity index (χ1v) is 17.1. The van der Waals surface area contributed by atoms with Crippen LogP contribution in [0.5, 0.6) is 0 Å². The molecular formula is C43H38N6O2. The van der Waals surface area contributed by atoms with Crippen molar-refractivity contribution in [1.29, 1.82) is 0 Å². The summed E-state index contributed by atoms with van der Waals surface area (Å²) in [5.74, 6) is 0.248. The molecule has 0 spiro atoms. The molecule has 252 valence electrons. The van der Waals surface area contributed by atoms with Crippen LogP contribution in [0.15, 0.2) is 158 Å². The largest absolute Gasteiger partial charge is 0.465 e. The van der Waals surface area contributed by atoms with E-state index in [-0.39, 0.29) is 0 Å².